The fourth-order valence-corrected chi connectivity index (χ4v) is 4.75. The van der Waals surface area contributed by atoms with Gasteiger partial charge in [-0.15, -0.1) is 0 Å². The zero-order chi connectivity index (χ0) is 29.4. The molecule has 4 rings (SSSR count). The Morgan fingerprint density at radius 2 is 1.73 bits per heavy atom. The Morgan fingerprint density at radius 3 is 2.34 bits per heavy atom. The van der Waals surface area contributed by atoms with Crippen molar-refractivity contribution in [3.63, 3.8) is 0 Å². The number of carboxylic acids is 1. The number of aromatic amines is 1. The molecule has 214 valence electrons. The Hall–Kier alpha value is -4.09. The summed E-state index contributed by atoms with van der Waals surface area (Å²) < 4.78 is 33.2. The number of carbonyl (C=O) groups excluding carboxylic acids is 1. The van der Waals surface area contributed by atoms with E-state index in [-0.39, 0.29) is 42.6 Å². The number of thioether (sulfide) groups is 1. The van der Waals surface area contributed by atoms with Gasteiger partial charge in [-0.1, -0.05) is 12.1 Å². The van der Waals surface area contributed by atoms with Crippen LogP contribution in [0.25, 0.3) is 11.3 Å². The second-order valence-corrected chi connectivity index (χ2v) is 10.4. The van der Waals surface area contributed by atoms with Gasteiger partial charge in [0.05, 0.1) is 30.2 Å². The van der Waals surface area contributed by atoms with Crippen molar-refractivity contribution in [3.8, 4) is 11.3 Å². The van der Waals surface area contributed by atoms with Gasteiger partial charge in [0.25, 0.3) is 5.91 Å². The van der Waals surface area contributed by atoms with E-state index >= 15 is 0 Å². The molecule has 0 saturated heterocycles. The molecule has 0 fully saturated rings. The molecule has 1 amide bonds. The van der Waals surface area contributed by atoms with E-state index < -0.39 is 23.7 Å². The van der Waals surface area contributed by atoms with Crippen LogP contribution in [-0.4, -0.2) is 56.6 Å². The zero-order valence-corrected chi connectivity index (χ0v) is 23.4. The highest BCUT2D eigenvalue weighted by molar-refractivity contribution is 7.98. The van der Waals surface area contributed by atoms with Crippen molar-refractivity contribution < 1.29 is 28.2 Å². The average molecular weight is 581 g/mol. The van der Waals surface area contributed by atoms with Crippen molar-refractivity contribution in [1.29, 1.82) is 0 Å². The number of imidazole rings is 1. The van der Waals surface area contributed by atoms with Crippen LogP contribution in [0.3, 0.4) is 0 Å². The number of aliphatic carboxylic acids is 1. The molecule has 1 unspecified atom stereocenters. The van der Waals surface area contributed by atoms with Crippen LogP contribution in [0.15, 0.2) is 66.9 Å². The molecule has 0 spiro atoms. The minimum Gasteiger partial charge on any atom is -0.480 e. The molecule has 0 radical (unpaired) electrons. The molecule has 2 atom stereocenters. The number of amides is 1. The highest BCUT2D eigenvalue weighted by Crippen LogP contribution is 2.26. The second kappa shape index (κ2) is 14.0. The van der Waals surface area contributed by atoms with Gasteiger partial charge >= 0.3 is 5.97 Å². The standard InChI is InChI=1S/C30H30F2N4O4S/c1-18-33-15-27(34-18)25(19-3-7-21(31)8-4-19)17-40-16-23-11-12-24(28(35-23)20-5-9-22(32)10-6-20)29(37)36-26(30(38)39)13-14-41-2/h3-12,15,25-26H,13-14,16-17H2,1-2H3,(H,33,34)(H,36,37)(H,38,39)/t25?,26-/m0/s1. The van der Waals surface area contributed by atoms with Crippen LogP contribution >= 0.6 is 11.8 Å². The van der Waals surface area contributed by atoms with Crippen LogP contribution in [0.2, 0.25) is 0 Å². The lowest BCUT2D eigenvalue weighted by molar-refractivity contribution is -0.139. The highest BCUT2D eigenvalue weighted by atomic mass is 32.2. The van der Waals surface area contributed by atoms with Crippen molar-refractivity contribution in [2.24, 2.45) is 0 Å². The van der Waals surface area contributed by atoms with E-state index in [9.17, 15) is 23.5 Å². The Labute approximate surface area is 240 Å². The van der Waals surface area contributed by atoms with Gasteiger partial charge in [-0.2, -0.15) is 11.8 Å². The number of pyridine rings is 1. The first kappa shape index (κ1) is 29.9. The van der Waals surface area contributed by atoms with E-state index in [0.29, 0.717) is 17.0 Å². The normalized spacial score (nSPS) is 12.6. The number of rotatable bonds is 13. The minimum absolute atomic E-state index is 0.0897. The number of aromatic nitrogens is 3. The van der Waals surface area contributed by atoms with Gasteiger partial charge in [0, 0.05) is 23.4 Å². The number of carbonyl (C=O) groups is 2. The molecule has 0 aliphatic rings. The number of nitrogens with one attached hydrogen (secondary N) is 2. The maximum Gasteiger partial charge on any atom is 0.326 e. The molecule has 41 heavy (non-hydrogen) atoms. The monoisotopic (exact) mass is 580 g/mol. The topological polar surface area (TPSA) is 117 Å². The van der Waals surface area contributed by atoms with Crippen LogP contribution in [0.4, 0.5) is 8.78 Å². The predicted octanol–water partition coefficient (Wildman–Crippen LogP) is 5.34. The Bertz CT molecular complexity index is 1480. The van der Waals surface area contributed by atoms with Crippen molar-refractivity contribution in [3.05, 3.63) is 107 Å². The third-order valence-corrected chi connectivity index (χ3v) is 7.08. The Kier molecular flexibility index (Phi) is 10.2. The number of nitrogens with zero attached hydrogens (tertiary/aromatic N) is 2. The molecular weight excluding hydrogens is 550 g/mol. The van der Waals surface area contributed by atoms with Gasteiger partial charge in [0.2, 0.25) is 0 Å². The number of aryl methyl sites for hydroxylation is 1. The van der Waals surface area contributed by atoms with Gasteiger partial charge in [-0.25, -0.2) is 23.5 Å². The smallest absolute Gasteiger partial charge is 0.326 e. The average Bonchev–Trinajstić information content (AvgIpc) is 3.39. The van der Waals surface area contributed by atoms with E-state index in [1.54, 1.807) is 30.5 Å². The molecule has 3 N–H and O–H groups in total. The van der Waals surface area contributed by atoms with E-state index in [4.69, 9.17) is 4.74 Å². The van der Waals surface area contributed by atoms with Gasteiger partial charge in [0.1, 0.15) is 23.5 Å². The first-order chi connectivity index (χ1) is 19.7. The quantitative estimate of drug-likeness (QED) is 0.195. The van der Waals surface area contributed by atoms with Crippen LogP contribution in [-0.2, 0) is 16.1 Å². The summed E-state index contributed by atoms with van der Waals surface area (Å²) in [6, 6.07) is 13.8. The Balaban J connectivity index is 1.56. The van der Waals surface area contributed by atoms with Crippen molar-refractivity contribution >= 4 is 23.6 Å². The molecule has 0 aliphatic carbocycles. The van der Waals surface area contributed by atoms with Crippen LogP contribution < -0.4 is 5.32 Å². The summed E-state index contributed by atoms with van der Waals surface area (Å²) in [5, 5.41) is 12.1. The maximum atomic E-state index is 13.7. The summed E-state index contributed by atoms with van der Waals surface area (Å²) in [4.78, 5) is 37.0. The van der Waals surface area contributed by atoms with Crippen LogP contribution in [0.5, 0.6) is 0 Å². The first-order valence-corrected chi connectivity index (χ1v) is 14.3. The van der Waals surface area contributed by atoms with E-state index in [1.807, 2.05) is 13.2 Å². The summed E-state index contributed by atoms with van der Waals surface area (Å²) in [6.07, 6.45) is 3.84. The van der Waals surface area contributed by atoms with Crippen LogP contribution in [0.1, 0.15) is 45.5 Å². The number of H-pyrrole nitrogens is 1. The summed E-state index contributed by atoms with van der Waals surface area (Å²) in [7, 11) is 0. The summed E-state index contributed by atoms with van der Waals surface area (Å²) in [6.45, 7) is 2.16. The number of hydrogen-bond donors (Lipinski definition) is 3. The molecule has 2 aromatic heterocycles. The SMILES string of the molecule is CSCC[C@H](NC(=O)c1ccc(COCC(c2ccc(F)cc2)c2cnc(C)[nH]2)nc1-c1ccc(F)cc1)C(=O)O. The van der Waals surface area contributed by atoms with E-state index in [1.165, 1.54) is 48.2 Å². The van der Waals surface area contributed by atoms with Crippen molar-refractivity contribution in [2.75, 3.05) is 18.6 Å². The van der Waals surface area contributed by atoms with E-state index in [0.717, 1.165) is 17.1 Å². The number of ether oxygens (including phenoxy) is 1. The third kappa shape index (κ3) is 7.99. The zero-order valence-electron chi connectivity index (χ0n) is 22.6. The predicted molar refractivity (Wildman–Crippen MR) is 153 cm³/mol. The van der Waals surface area contributed by atoms with Crippen molar-refractivity contribution in [2.45, 2.75) is 31.9 Å². The summed E-state index contributed by atoms with van der Waals surface area (Å²) >= 11 is 1.48. The molecule has 0 bridgehead atoms. The fraction of sp³-hybridized carbons (Fsp3) is 0.267. The third-order valence-electron chi connectivity index (χ3n) is 6.43. The van der Waals surface area contributed by atoms with Gasteiger partial charge in [-0.3, -0.25) is 4.79 Å². The molecule has 2 aromatic carbocycles. The van der Waals surface area contributed by atoms with E-state index in [2.05, 4.69) is 20.3 Å². The summed E-state index contributed by atoms with van der Waals surface area (Å²) in [5.74, 6) is -1.44. The Morgan fingerprint density at radius 1 is 1.05 bits per heavy atom. The number of halogens is 2. The molecule has 0 saturated carbocycles. The summed E-state index contributed by atoms with van der Waals surface area (Å²) in [5.41, 5.74) is 3.10. The lowest BCUT2D eigenvalue weighted by Gasteiger charge is -2.18. The molecule has 8 nitrogen and oxygen atoms in total. The van der Waals surface area contributed by atoms with Crippen molar-refractivity contribution in [1.82, 2.24) is 20.3 Å². The maximum absolute atomic E-state index is 13.7. The molecule has 11 heteroatoms. The molecular formula is C30H30F2N4O4S. The number of benzene rings is 2. The largest absolute Gasteiger partial charge is 0.480 e. The number of hydrogen-bond acceptors (Lipinski definition) is 6. The molecule has 4 aromatic rings. The fourth-order valence-electron chi connectivity index (χ4n) is 4.28. The highest BCUT2D eigenvalue weighted by Gasteiger charge is 2.23. The lowest BCUT2D eigenvalue weighted by atomic mass is 9.97. The van der Waals surface area contributed by atoms with Crippen LogP contribution in [0, 0.1) is 18.6 Å². The second-order valence-electron chi connectivity index (χ2n) is 9.39. The molecule has 2 heterocycles. The number of carboxylic acid groups (broad SMARTS) is 1. The van der Waals surface area contributed by atoms with Gasteiger partial charge < -0.3 is 20.1 Å². The van der Waals surface area contributed by atoms with Gasteiger partial charge in [-0.05, 0) is 79.4 Å². The van der Waals surface area contributed by atoms with Gasteiger partial charge in [0.15, 0.2) is 0 Å². The lowest BCUT2D eigenvalue weighted by Crippen LogP contribution is -2.41. The minimum atomic E-state index is -1.13. The molecule has 0 aliphatic heterocycles. The first-order valence-electron chi connectivity index (χ1n) is 12.9.